The molecule has 1 aliphatic heterocycles. The Kier molecular flexibility index (Phi) is 6.91. The molecular formula is C21H27ClN2O3. The van der Waals surface area contributed by atoms with Crippen LogP contribution < -0.4 is 5.32 Å². The van der Waals surface area contributed by atoms with Crippen molar-refractivity contribution < 1.29 is 14.7 Å². The molecule has 1 aromatic carbocycles. The number of carbonyl (C=O) groups excluding carboxylic acids is 2. The van der Waals surface area contributed by atoms with Crippen LogP contribution in [0.1, 0.15) is 50.5 Å². The molecule has 5 nitrogen and oxygen atoms in total. The molecule has 2 N–H and O–H groups in total. The summed E-state index contributed by atoms with van der Waals surface area (Å²) in [5.74, 6) is -0.537. The van der Waals surface area contributed by atoms with Crippen LogP contribution >= 0.6 is 11.6 Å². The van der Waals surface area contributed by atoms with Gasteiger partial charge in [-0.3, -0.25) is 9.59 Å². The van der Waals surface area contributed by atoms with Crippen LogP contribution in [0.4, 0.5) is 0 Å². The minimum Gasteiger partial charge on any atom is -0.381 e. The lowest BCUT2D eigenvalue weighted by Gasteiger charge is -2.29. The number of nitrogens with zero attached hydrogens (tertiary/aromatic N) is 1. The summed E-state index contributed by atoms with van der Waals surface area (Å²) >= 11 is 5.87. The van der Waals surface area contributed by atoms with Gasteiger partial charge in [0.1, 0.15) is 0 Å². The predicted molar refractivity (Wildman–Crippen MR) is 106 cm³/mol. The first-order valence-corrected chi connectivity index (χ1v) is 10.1. The number of aliphatic hydroxyl groups excluding tert-OH is 1. The quantitative estimate of drug-likeness (QED) is 0.759. The number of amides is 2. The van der Waals surface area contributed by atoms with Crippen LogP contribution in [-0.4, -0.2) is 46.6 Å². The Balaban J connectivity index is 1.58. The SMILES string of the molecule is O=C(NC1CCCCC1)C(O)[C@@H]1CCCN1C(=O)/C=C/c1ccc(Cl)cc1. The van der Waals surface area contributed by atoms with E-state index >= 15 is 0 Å². The van der Waals surface area contributed by atoms with Gasteiger partial charge in [-0.15, -0.1) is 0 Å². The molecule has 0 radical (unpaired) electrons. The molecule has 0 aromatic heterocycles. The molecule has 1 heterocycles. The number of aliphatic hydroxyl groups is 1. The number of carbonyl (C=O) groups is 2. The number of hydrogen-bond acceptors (Lipinski definition) is 3. The molecule has 1 aliphatic carbocycles. The molecule has 1 saturated carbocycles. The first-order chi connectivity index (χ1) is 13.0. The lowest BCUT2D eigenvalue weighted by atomic mass is 9.95. The molecule has 27 heavy (non-hydrogen) atoms. The predicted octanol–water partition coefficient (Wildman–Crippen LogP) is 3.15. The van der Waals surface area contributed by atoms with Crippen LogP contribution in [0.3, 0.4) is 0 Å². The Morgan fingerprint density at radius 3 is 2.52 bits per heavy atom. The number of benzene rings is 1. The van der Waals surface area contributed by atoms with Gasteiger partial charge in [0, 0.05) is 23.7 Å². The monoisotopic (exact) mass is 390 g/mol. The first-order valence-electron chi connectivity index (χ1n) is 9.77. The van der Waals surface area contributed by atoms with Crippen molar-refractivity contribution in [2.24, 2.45) is 0 Å². The van der Waals surface area contributed by atoms with E-state index in [-0.39, 0.29) is 17.9 Å². The van der Waals surface area contributed by atoms with Crippen LogP contribution in [0.2, 0.25) is 5.02 Å². The summed E-state index contributed by atoms with van der Waals surface area (Å²) in [6.45, 7) is 0.558. The van der Waals surface area contributed by atoms with E-state index in [1.54, 1.807) is 23.1 Å². The lowest BCUT2D eigenvalue weighted by molar-refractivity contribution is -0.137. The molecular weight excluding hydrogens is 364 g/mol. The summed E-state index contributed by atoms with van der Waals surface area (Å²) in [6, 6.07) is 6.89. The van der Waals surface area contributed by atoms with E-state index in [1.807, 2.05) is 12.1 Å². The molecule has 2 amide bonds. The fourth-order valence-corrected chi connectivity index (χ4v) is 4.07. The Labute approximate surface area is 165 Å². The van der Waals surface area contributed by atoms with Crippen LogP contribution in [0.15, 0.2) is 30.3 Å². The molecule has 2 aliphatic rings. The van der Waals surface area contributed by atoms with Gasteiger partial charge in [0.05, 0.1) is 6.04 Å². The fourth-order valence-electron chi connectivity index (χ4n) is 3.94. The van der Waals surface area contributed by atoms with Gasteiger partial charge in [-0.1, -0.05) is 43.0 Å². The fraction of sp³-hybridized carbons (Fsp3) is 0.524. The Hall–Kier alpha value is -1.85. The van der Waals surface area contributed by atoms with Crippen LogP contribution in [0, 0.1) is 0 Å². The molecule has 0 bridgehead atoms. The minimum absolute atomic E-state index is 0.149. The van der Waals surface area contributed by atoms with E-state index < -0.39 is 12.1 Å². The van der Waals surface area contributed by atoms with Gasteiger partial charge < -0.3 is 15.3 Å². The summed E-state index contributed by atoms with van der Waals surface area (Å²) in [5, 5.41) is 14.1. The minimum atomic E-state index is -1.18. The van der Waals surface area contributed by atoms with Crippen LogP contribution in [0.5, 0.6) is 0 Å². The zero-order valence-electron chi connectivity index (χ0n) is 15.4. The second-order valence-corrected chi connectivity index (χ2v) is 7.85. The van der Waals surface area contributed by atoms with Gasteiger partial charge in [-0.05, 0) is 49.5 Å². The lowest BCUT2D eigenvalue weighted by Crippen LogP contribution is -2.51. The Morgan fingerprint density at radius 1 is 1.11 bits per heavy atom. The van der Waals surface area contributed by atoms with Crippen molar-refractivity contribution in [3.8, 4) is 0 Å². The maximum absolute atomic E-state index is 12.6. The maximum atomic E-state index is 12.6. The normalized spacial score (nSPS) is 22.1. The van der Waals surface area contributed by atoms with E-state index in [1.165, 1.54) is 12.5 Å². The number of nitrogens with one attached hydrogen (secondary N) is 1. The van der Waals surface area contributed by atoms with Crippen molar-refractivity contribution in [3.63, 3.8) is 0 Å². The smallest absolute Gasteiger partial charge is 0.251 e. The zero-order chi connectivity index (χ0) is 19.2. The Morgan fingerprint density at radius 2 is 1.81 bits per heavy atom. The highest BCUT2D eigenvalue weighted by Crippen LogP contribution is 2.23. The summed E-state index contributed by atoms with van der Waals surface area (Å²) in [6.07, 6.45) is 8.84. The molecule has 1 aromatic rings. The van der Waals surface area contributed by atoms with Crippen molar-refractivity contribution in [1.29, 1.82) is 0 Å². The summed E-state index contributed by atoms with van der Waals surface area (Å²) < 4.78 is 0. The third-order valence-corrected chi connectivity index (χ3v) is 5.71. The topological polar surface area (TPSA) is 69.6 Å². The van der Waals surface area contributed by atoms with Crippen molar-refractivity contribution >= 4 is 29.5 Å². The van der Waals surface area contributed by atoms with E-state index in [4.69, 9.17) is 11.6 Å². The molecule has 0 spiro atoms. The standard InChI is InChI=1S/C21H27ClN2O3/c22-16-11-8-15(9-12-16)10-13-19(25)24-14-4-7-18(24)20(26)21(27)23-17-5-2-1-3-6-17/h8-13,17-18,20,26H,1-7,14H2,(H,23,27)/b13-10+/t18-,20?/m0/s1. The van der Waals surface area contributed by atoms with E-state index in [2.05, 4.69) is 5.32 Å². The Bertz CT molecular complexity index is 683. The molecule has 6 heteroatoms. The average molecular weight is 391 g/mol. The summed E-state index contributed by atoms with van der Waals surface area (Å²) in [5.41, 5.74) is 0.874. The highest BCUT2D eigenvalue weighted by molar-refractivity contribution is 6.30. The van der Waals surface area contributed by atoms with E-state index in [9.17, 15) is 14.7 Å². The van der Waals surface area contributed by atoms with Gasteiger partial charge >= 0.3 is 0 Å². The second kappa shape index (κ2) is 9.38. The average Bonchev–Trinajstić information content (AvgIpc) is 3.17. The van der Waals surface area contributed by atoms with Crippen molar-refractivity contribution in [2.45, 2.75) is 63.1 Å². The van der Waals surface area contributed by atoms with Gasteiger partial charge in [0.2, 0.25) is 5.91 Å². The maximum Gasteiger partial charge on any atom is 0.251 e. The number of hydrogen-bond donors (Lipinski definition) is 2. The number of likely N-dealkylation sites (tertiary alicyclic amines) is 1. The largest absolute Gasteiger partial charge is 0.381 e. The molecule has 1 unspecified atom stereocenters. The van der Waals surface area contributed by atoms with Crippen LogP contribution in [-0.2, 0) is 9.59 Å². The van der Waals surface area contributed by atoms with Crippen molar-refractivity contribution in [3.05, 3.63) is 40.9 Å². The highest BCUT2D eigenvalue weighted by Gasteiger charge is 2.37. The molecule has 146 valence electrons. The van der Waals surface area contributed by atoms with E-state index in [0.29, 0.717) is 18.0 Å². The molecule has 3 rings (SSSR count). The van der Waals surface area contributed by atoms with Gasteiger partial charge in [-0.25, -0.2) is 0 Å². The number of halogens is 1. The second-order valence-electron chi connectivity index (χ2n) is 7.41. The van der Waals surface area contributed by atoms with Gasteiger partial charge in [0.15, 0.2) is 6.10 Å². The molecule has 2 fully saturated rings. The molecule has 1 saturated heterocycles. The number of rotatable bonds is 5. The van der Waals surface area contributed by atoms with Crippen LogP contribution in [0.25, 0.3) is 6.08 Å². The highest BCUT2D eigenvalue weighted by atomic mass is 35.5. The van der Waals surface area contributed by atoms with Crippen molar-refractivity contribution in [2.75, 3.05) is 6.54 Å². The van der Waals surface area contributed by atoms with Gasteiger partial charge in [0.25, 0.3) is 5.91 Å². The molecule has 2 atom stereocenters. The third kappa shape index (κ3) is 5.33. The summed E-state index contributed by atoms with van der Waals surface area (Å²) in [7, 11) is 0. The van der Waals surface area contributed by atoms with E-state index in [0.717, 1.165) is 37.7 Å². The third-order valence-electron chi connectivity index (χ3n) is 5.46. The van der Waals surface area contributed by atoms with Crippen molar-refractivity contribution in [1.82, 2.24) is 10.2 Å². The first kappa shape index (κ1) is 19.9. The zero-order valence-corrected chi connectivity index (χ0v) is 16.2. The van der Waals surface area contributed by atoms with Gasteiger partial charge in [-0.2, -0.15) is 0 Å². The summed E-state index contributed by atoms with van der Waals surface area (Å²) in [4.78, 5) is 26.6.